The number of aliphatic hydroxyl groups is 2. The molecule has 0 saturated heterocycles. The summed E-state index contributed by atoms with van der Waals surface area (Å²) >= 11 is 0. The Hall–Kier alpha value is -1.66. The molecule has 0 radical (unpaired) electrons. The van der Waals surface area contributed by atoms with Gasteiger partial charge in [0.25, 0.3) is 0 Å². The van der Waals surface area contributed by atoms with Gasteiger partial charge in [0, 0.05) is 12.8 Å². The van der Waals surface area contributed by atoms with Crippen LogP contribution in [0.4, 0.5) is 0 Å². The second-order valence-corrected chi connectivity index (χ2v) is 23.9. The van der Waals surface area contributed by atoms with E-state index in [0.717, 1.165) is 44.9 Å². The van der Waals surface area contributed by atoms with Crippen LogP contribution in [0.15, 0.2) is 24.3 Å². The van der Waals surface area contributed by atoms with E-state index in [1.165, 1.54) is 308 Å². The molecule has 0 fully saturated rings. The molecule has 0 aromatic carbocycles. The highest BCUT2D eigenvalue weighted by atomic mass is 16.5. The third-order valence-corrected chi connectivity index (χ3v) is 16.2. The number of carbonyl (C=O) groups is 2. The van der Waals surface area contributed by atoms with Crippen LogP contribution in [-0.4, -0.2) is 47.4 Å². The van der Waals surface area contributed by atoms with Gasteiger partial charge >= 0.3 is 5.97 Å². The SMILES string of the molecule is CCCCCCCCC/C=C\CCCCCCCC(=O)OCCCCCCCCCCCCCC/C=C\CCCCCCCCCCCCCCCC(=O)NC(CO)C(O)CCCCCCCCCCCCCCCC. The molecule has 0 spiro atoms. The molecule has 2 unspecified atom stereocenters. The van der Waals surface area contributed by atoms with Crippen molar-refractivity contribution in [2.24, 2.45) is 0 Å². The molecule has 6 heteroatoms. The average Bonchev–Trinajstić information content (AvgIpc) is 3.42. The lowest BCUT2D eigenvalue weighted by molar-refractivity contribution is -0.143. The molecule has 0 aromatic heterocycles. The van der Waals surface area contributed by atoms with E-state index < -0.39 is 12.1 Å². The van der Waals surface area contributed by atoms with Crippen LogP contribution in [0.3, 0.4) is 0 Å². The maximum atomic E-state index is 12.5. The fourth-order valence-corrected chi connectivity index (χ4v) is 10.9. The summed E-state index contributed by atoms with van der Waals surface area (Å²) in [5.74, 6) is -0.0222. The number of nitrogens with one attached hydrogen (secondary N) is 1. The largest absolute Gasteiger partial charge is 0.466 e. The lowest BCUT2D eigenvalue weighted by Crippen LogP contribution is -2.45. The van der Waals surface area contributed by atoms with Crippen LogP contribution >= 0.6 is 0 Å². The molecule has 0 rings (SSSR count). The molecule has 3 N–H and O–H groups in total. The third-order valence-electron chi connectivity index (χ3n) is 16.2. The number of ether oxygens (including phenoxy) is 1. The molecule has 2 atom stereocenters. The van der Waals surface area contributed by atoms with Crippen LogP contribution in [0.25, 0.3) is 0 Å². The van der Waals surface area contributed by atoms with Crippen molar-refractivity contribution in [2.75, 3.05) is 13.2 Å². The van der Waals surface area contributed by atoms with Gasteiger partial charge in [0.05, 0.1) is 25.4 Å². The topological polar surface area (TPSA) is 95.9 Å². The minimum absolute atomic E-state index is 0.00970. The Labute approximate surface area is 475 Å². The summed E-state index contributed by atoms with van der Waals surface area (Å²) in [5.41, 5.74) is 0. The second-order valence-electron chi connectivity index (χ2n) is 23.9. The van der Waals surface area contributed by atoms with E-state index in [1.807, 2.05) is 0 Å². The van der Waals surface area contributed by atoms with Gasteiger partial charge in [-0.05, 0) is 77.0 Å². The molecule has 0 heterocycles. The van der Waals surface area contributed by atoms with Crippen LogP contribution in [-0.2, 0) is 14.3 Å². The van der Waals surface area contributed by atoms with Gasteiger partial charge in [-0.15, -0.1) is 0 Å². The monoisotopic (exact) mass is 1070 g/mol. The van der Waals surface area contributed by atoms with Crippen LogP contribution in [0.5, 0.6) is 0 Å². The first-order valence-electron chi connectivity index (χ1n) is 34.6. The van der Waals surface area contributed by atoms with Crippen LogP contribution < -0.4 is 5.32 Å². The molecule has 0 aromatic rings. The van der Waals surface area contributed by atoms with Gasteiger partial charge in [0.1, 0.15) is 0 Å². The van der Waals surface area contributed by atoms with Gasteiger partial charge in [-0.1, -0.05) is 321 Å². The van der Waals surface area contributed by atoms with Crippen LogP contribution in [0.1, 0.15) is 386 Å². The molecule has 6 nitrogen and oxygen atoms in total. The number of carbonyl (C=O) groups excluding carboxylic acids is 2. The molecule has 450 valence electrons. The quantitative estimate of drug-likeness (QED) is 0.0320. The van der Waals surface area contributed by atoms with Crippen molar-refractivity contribution in [3.63, 3.8) is 0 Å². The van der Waals surface area contributed by atoms with Crippen molar-refractivity contribution in [1.29, 1.82) is 0 Å². The maximum Gasteiger partial charge on any atom is 0.305 e. The van der Waals surface area contributed by atoms with Gasteiger partial charge < -0.3 is 20.3 Å². The number of rotatable bonds is 65. The summed E-state index contributed by atoms with van der Waals surface area (Å²) in [6.45, 7) is 4.97. The van der Waals surface area contributed by atoms with E-state index in [-0.39, 0.29) is 18.5 Å². The van der Waals surface area contributed by atoms with Crippen molar-refractivity contribution < 1.29 is 24.5 Å². The van der Waals surface area contributed by atoms with Crippen molar-refractivity contribution in [3.8, 4) is 0 Å². The minimum atomic E-state index is -0.663. The molecular formula is C70H135NO5. The molecule has 1 amide bonds. The summed E-state index contributed by atoms with van der Waals surface area (Å²) in [5, 5.41) is 23.3. The fraction of sp³-hybridized carbons (Fsp3) is 0.914. The summed E-state index contributed by atoms with van der Waals surface area (Å²) in [4.78, 5) is 24.6. The molecule has 0 aliphatic carbocycles. The normalized spacial score (nSPS) is 12.6. The Morgan fingerprint density at radius 1 is 0.355 bits per heavy atom. The van der Waals surface area contributed by atoms with Crippen molar-refractivity contribution in [3.05, 3.63) is 24.3 Å². The van der Waals surface area contributed by atoms with Gasteiger partial charge in [-0.2, -0.15) is 0 Å². The fourth-order valence-electron chi connectivity index (χ4n) is 10.9. The highest BCUT2D eigenvalue weighted by Gasteiger charge is 2.20. The van der Waals surface area contributed by atoms with Crippen molar-refractivity contribution in [1.82, 2.24) is 5.32 Å². The number of hydrogen-bond donors (Lipinski definition) is 3. The first-order valence-corrected chi connectivity index (χ1v) is 34.6. The second kappa shape index (κ2) is 65.9. The maximum absolute atomic E-state index is 12.5. The number of unbranched alkanes of at least 4 members (excludes halogenated alkanes) is 50. The number of aliphatic hydroxyl groups excluding tert-OH is 2. The summed E-state index contributed by atoms with van der Waals surface area (Å²) in [6.07, 6.45) is 82.2. The Balaban J connectivity index is 3.36. The first kappa shape index (κ1) is 74.3. The number of amides is 1. The highest BCUT2D eigenvalue weighted by Crippen LogP contribution is 2.18. The number of allylic oxidation sites excluding steroid dienone is 4. The Kier molecular flexibility index (Phi) is 64.4. The summed E-state index contributed by atoms with van der Waals surface area (Å²) in [6, 6.07) is -0.540. The lowest BCUT2D eigenvalue weighted by Gasteiger charge is -2.22. The van der Waals surface area contributed by atoms with Crippen LogP contribution in [0.2, 0.25) is 0 Å². The number of hydrogen-bond acceptors (Lipinski definition) is 5. The van der Waals surface area contributed by atoms with E-state index in [9.17, 15) is 19.8 Å². The van der Waals surface area contributed by atoms with E-state index in [0.29, 0.717) is 25.9 Å². The van der Waals surface area contributed by atoms with Crippen LogP contribution in [0, 0.1) is 0 Å². The van der Waals surface area contributed by atoms with Gasteiger partial charge in [-0.25, -0.2) is 0 Å². The van der Waals surface area contributed by atoms with E-state index in [4.69, 9.17) is 4.74 Å². The zero-order valence-corrected chi connectivity index (χ0v) is 51.5. The Morgan fingerprint density at radius 2 is 0.618 bits per heavy atom. The predicted octanol–water partition coefficient (Wildman–Crippen LogP) is 22.1. The minimum Gasteiger partial charge on any atom is -0.466 e. The van der Waals surface area contributed by atoms with Gasteiger partial charge in [0.2, 0.25) is 5.91 Å². The smallest absolute Gasteiger partial charge is 0.305 e. The Morgan fingerprint density at radius 3 is 0.934 bits per heavy atom. The summed E-state index contributed by atoms with van der Waals surface area (Å²) < 4.78 is 5.49. The van der Waals surface area contributed by atoms with E-state index in [2.05, 4.69) is 43.5 Å². The van der Waals surface area contributed by atoms with Gasteiger partial charge in [-0.3, -0.25) is 9.59 Å². The zero-order valence-electron chi connectivity index (χ0n) is 51.5. The van der Waals surface area contributed by atoms with Crippen molar-refractivity contribution in [2.45, 2.75) is 398 Å². The standard InChI is InChI=1S/C70H135NO5/c1-3-5-7-9-11-13-15-17-19-36-40-44-48-52-56-60-64-70(75)76-65-61-57-53-49-45-41-37-34-32-30-28-26-24-22-20-21-23-25-27-29-31-33-35-39-43-47-51-55-59-63-69(74)71-67(66-72)68(73)62-58-54-50-46-42-38-18-16-14-12-10-8-6-4-2/h19-20,22,36,67-68,72-73H,3-18,21,23-35,37-66H2,1-2H3,(H,71,74)/b22-20-,36-19-. The molecule has 76 heavy (non-hydrogen) atoms. The first-order chi connectivity index (χ1) is 37.5. The average molecular weight is 1070 g/mol. The highest BCUT2D eigenvalue weighted by molar-refractivity contribution is 5.76. The lowest BCUT2D eigenvalue weighted by atomic mass is 10.0. The predicted molar refractivity (Wildman–Crippen MR) is 333 cm³/mol. The molecule has 0 aliphatic rings. The molecular weight excluding hydrogens is 935 g/mol. The Bertz CT molecular complexity index is 1190. The van der Waals surface area contributed by atoms with E-state index in [1.54, 1.807) is 0 Å². The van der Waals surface area contributed by atoms with Crippen molar-refractivity contribution >= 4 is 11.9 Å². The molecule has 0 aliphatic heterocycles. The third kappa shape index (κ3) is 61.6. The summed E-state index contributed by atoms with van der Waals surface area (Å²) in [7, 11) is 0. The molecule has 0 bridgehead atoms. The molecule has 0 saturated carbocycles. The van der Waals surface area contributed by atoms with Gasteiger partial charge in [0.15, 0.2) is 0 Å². The number of esters is 1. The van der Waals surface area contributed by atoms with E-state index >= 15 is 0 Å². The zero-order chi connectivity index (χ0) is 55.0.